The third-order valence-electron chi connectivity index (χ3n) is 4.05. The fraction of sp³-hybridized carbons (Fsp3) is 0.118. The van der Waals surface area contributed by atoms with Gasteiger partial charge in [0.1, 0.15) is 0 Å². The van der Waals surface area contributed by atoms with Crippen LogP contribution in [0.15, 0.2) is 56.7 Å². The topological polar surface area (TPSA) is 134 Å². The third kappa shape index (κ3) is 3.57. The molecule has 2 heterocycles. The lowest BCUT2D eigenvalue weighted by Crippen LogP contribution is -2.27. The fourth-order valence-electron chi connectivity index (χ4n) is 2.65. The summed E-state index contributed by atoms with van der Waals surface area (Å²) in [5.74, 6) is 0.439. The van der Waals surface area contributed by atoms with Crippen LogP contribution in [0.3, 0.4) is 0 Å². The number of hydrogen-bond acceptors (Lipinski definition) is 6. The zero-order valence-electron chi connectivity index (χ0n) is 14.4. The Morgan fingerprint density at radius 2 is 1.82 bits per heavy atom. The van der Waals surface area contributed by atoms with Gasteiger partial charge in [0.2, 0.25) is 10.0 Å². The van der Waals surface area contributed by atoms with E-state index in [1.807, 2.05) is 0 Å². The van der Waals surface area contributed by atoms with E-state index in [-0.39, 0.29) is 16.6 Å². The number of nitrogens with one attached hydrogen (secondary N) is 3. The number of aromatic nitrogens is 4. The Morgan fingerprint density at radius 3 is 2.57 bits per heavy atom. The smallest absolute Gasteiger partial charge is 0.323 e. The largest absolute Gasteiger partial charge is 0.334 e. The van der Waals surface area contributed by atoms with Gasteiger partial charge in [0.15, 0.2) is 5.82 Å². The number of halogens is 1. The van der Waals surface area contributed by atoms with Crippen molar-refractivity contribution in [3.8, 4) is 11.5 Å². The van der Waals surface area contributed by atoms with Crippen LogP contribution in [0.1, 0.15) is 18.8 Å². The highest BCUT2D eigenvalue weighted by atomic mass is 35.5. The molecule has 9 nitrogen and oxygen atoms in total. The van der Waals surface area contributed by atoms with Crippen LogP contribution < -0.4 is 10.4 Å². The van der Waals surface area contributed by atoms with Crippen LogP contribution in [0, 0.1) is 0 Å². The maximum Gasteiger partial charge on any atom is 0.323 e. The van der Waals surface area contributed by atoms with E-state index in [1.54, 1.807) is 31.2 Å². The van der Waals surface area contributed by atoms with Gasteiger partial charge in [-0.25, -0.2) is 17.9 Å². The maximum absolute atomic E-state index is 12.7. The number of sulfonamides is 1. The molecule has 2 aromatic heterocycles. The van der Waals surface area contributed by atoms with Crippen molar-refractivity contribution in [3.63, 3.8) is 0 Å². The average molecular weight is 420 g/mol. The molecule has 0 aliphatic carbocycles. The molecule has 144 valence electrons. The van der Waals surface area contributed by atoms with E-state index in [9.17, 15) is 13.2 Å². The number of hydrogen-bond donors (Lipinski definition) is 3. The van der Waals surface area contributed by atoms with Crippen LogP contribution in [0.2, 0.25) is 5.02 Å². The van der Waals surface area contributed by atoms with Crippen molar-refractivity contribution in [3.05, 3.63) is 63.8 Å². The van der Waals surface area contributed by atoms with E-state index >= 15 is 0 Å². The van der Waals surface area contributed by atoms with Gasteiger partial charge < -0.3 is 14.5 Å². The molecule has 0 fully saturated rings. The van der Waals surface area contributed by atoms with E-state index in [2.05, 4.69) is 24.8 Å². The van der Waals surface area contributed by atoms with Gasteiger partial charge in [0.05, 0.1) is 22.0 Å². The SMILES string of the molecule is CC(NS(=O)(=O)c1ccc2[nH]c(=O)[nH]c2c1)c1noc(-c2ccc(Cl)cc2)n1. The van der Waals surface area contributed by atoms with Gasteiger partial charge in [-0.05, 0) is 49.4 Å². The lowest BCUT2D eigenvalue weighted by molar-refractivity contribution is 0.415. The third-order valence-corrected chi connectivity index (χ3v) is 5.84. The highest BCUT2D eigenvalue weighted by molar-refractivity contribution is 7.89. The van der Waals surface area contributed by atoms with Gasteiger partial charge >= 0.3 is 5.69 Å². The predicted molar refractivity (Wildman–Crippen MR) is 102 cm³/mol. The summed E-state index contributed by atoms with van der Waals surface area (Å²) >= 11 is 5.86. The summed E-state index contributed by atoms with van der Waals surface area (Å²) in [6.07, 6.45) is 0. The minimum absolute atomic E-state index is 0.00326. The van der Waals surface area contributed by atoms with Crippen LogP contribution in [0.25, 0.3) is 22.5 Å². The van der Waals surface area contributed by atoms with E-state index < -0.39 is 21.8 Å². The second-order valence-electron chi connectivity index (χ2n) is 6.09. The average Bonchev–Trinajstić information content (AvgIpc) is 3.27. The molecule has 0 spiro atoms. The monoisotopic (exact) mass is 419 g/mol. The first-order chi connectivity index (χ1) is 13.3. The molecule has 0 aliphatic heterocycles. The van der Waals surface area contributed by atoms with Gasteiger partial charge in [0.25, 0.3) is 5.89 Å². The molecule has 0 amide bonds. The van der Waals surface area contributed by atoms with Crippen molar-refractivity contribution in [2.45, 2.75) is 17.9 Å². The normalized spacial score (nSPS) is 13.1. The molecule has 1 atom stereocenters. The highest BCUT2D eigenvalue weighted by Crippen LogP contribution is 2.22. The quantitative estimate of drug-likeness (QED) is 0.455. The van der Waals surface area contributed by atoms with E-state index in [0.717, 1.165) is 0 Å². The lowest BCUT2D eigenvalue weighted by Gasteiger charge is -2.10. The van der Waals surface area contributed by atoms with Crippen molar-refractivity contribution in [2.24, 2.45) is 0 Å². The van der Waals surface area contributed by atoms with Gasteiger partial charge in [-0.2, -0.15) is 4.98 Å². The number of H-pyrrole nitrogens is 2. The molecule has 4 rings (SSSR count). The number of fused-ring (bicyclic) bond motifs is 1. The molecule has 11 heteroatoms. The van der Waals surface area contributed by atoms with Crippen LogP contribution in [-0.2, 0) is 10.0 Å². The molecular formula is C17H14ClN5O4S. The zero-order valence-corrected chi connectivity index (χ0v) is 16.0. The minimum atomic E-state index is -3.88. The molecule has 4 aromatic rings. The van der Waals surface area contributed by atoms with Crippen molar-refractivity contribution in [2.75, 3.05) is 0 Å². The summed E-state index contributed by atoms with van der Waals surface area (Å²) in [6, 6.07) is 10.4. The number of rotatable bonds is 5. The highest BCUT2D eigenvalue weighted by Gasteiger charge is 2.23. The van der Waals surface area contributed by atoms with Crippen molar-refractivity contribution in [1.82, 2.24) is 24.8 Å². The van der Waals surface area contributed by atoms with Crippen LogP contribution in [0.5, 0.6) is 0 Å². The van der Waals surface area contributed by atoms with Crippen LogP contribution in [-0.4, -0.2) is 28.5 Å². The van der Waals surface area contributed by atoms with E-state index in [4.69, 9.17) is 16.1 Å². The summed E-state index contributed by atoms with van der Waals surface area (Å²) in [6.45, 7) is 1.60. The Balaban J connectivity index is 1.57. The van der Waals surface area contributed by atoms with Crippen LogP contribution in [0.4, 0.5) is 0 Å². The minimum Gasteiger partial charge on any atom is -0.334 e. The second kappa shape index (κ2) is 6.89. The Bertz CT molecular complexity index is 1310. The van der Waals surface area contributed by atoms with E-state index in [1.165, 1.54) is 18.2 Å². The molecule has 0 aliphatic rings. The van der Waals surface area contributed by atoms with E-state index in [0.29, 0.717) is 21.6 Å². The van der Waals surface area contributed by atoms with Crippen LogP contribution >= 0.6 is 11.6 Å². The molecule has 3 N–H and O–H groups in total. The number of benzene rings is 2. The van der Waals surface area contributed by atoms with Gasteiger partial charge in [0, 0.05) is 10.6 Å². The Labute approximate surface area is 163 Å². The predicted octanol–water partition coefficient (Wildman–Crippen LogP) is 2.60. The first kappa shape index (κ1) is 18.4. The first-order valence-corrected chi connectivity index (χ1v) is 10.0. The maximum atomic E-state index is 12.7. The molecule has 1 unspecified atom stereocenters. The first-order valence-electron chi connectivity index (χ1n) is 8.16. The summed E-state index contributed by atoms with van der Waals surface area (Å²) in [5.41, 5.74) is 1.17. The summed E-state index contributed by atoms with van der Waals surface area (Å²) in [5, 5.41) is 4.42. The Morgan fingerprint density at radius 1 is 1.11 bits per heavy atom. The second-order valence-corrected chi connectivity index (χ2v) is 8.24. The summed E-state index contributed by atoms with van der Waals surface area (Å²) in [4.78, 5) is 20.7. The standard InChI is InChI=1S/C17H14ClN5O4S/c1-9(15-21-16(27-22-15)10-2-4-11(18)5-3-10)23-28(25,26)12-6-7-13-14(8-12)20-17(24)19-13/h2-9,23H,1H3,(H2,19,20,24). The van der Waals surface area contributed by atoms with Crippen molar-refractivity contribution >= 4 is 32.7 Å². The Kier molecular flexibility index (Phi) is 4.53. The van der Waals surface area contributed by atoms with Gasteiger partial charge in [-0.15, -0.1) is 0 Å². The zero-order chi connectivity index (χ0) is 19.9. The molecule has 28 heavy (non-hydrogen) atoms. The molecule has 0 saturated heterocycles. The fourth-order valence-corrected chi connectivity index (χ4v) is 4.01. The molecule has 2 aromatic carbocycles. The molecular weight excluding hydrogens is 406 g/mol. The summed E-state index contributed by atoms with van der Waals surface area (Å²) < 4.78 is 33.0. The number of imidazole rings is 1. The van der Waals surface area contributed by atoms with Gasteiger partial charge in [-0.1, -0.05) is 16.8 Å². The molecule has 0 saturated carbocycles. The van der Waals surface area contributed by atoms with Gasteiger partial charge in [-0.3, -0.25) is 0 Å². The van der Waals surface area contributed by atoms with Crippen molar-refractivity contribution < 1.29 is 12.9 Å². The molecule has 0 bridgehead atoms. The molecule has 0 radical (unpaired) electrons. The Hall–Kier alpha value is -2.95. The van der Waals surface area contributed by atoms with Crippen molar-refractivity contribution in [1.29, 1.82) is 0 Å². The number of nitrogens with zero attached hydrogens (tertiary/aromatic N) is 2. The number of aromatic amines is 2. The summed E-state index contributed by atoms with van der Waals surface area (Å²) in [7, 11) is -3.88. The lowest BCUT2D eigenvalue weighted by atomic mass is 10.2.